The molecule has 3 heteroatoms. The number of aryl methyl sites for hydroxylation is 2. The van der Waals surface area contributed by atoms with Gasteiger partial charge < -0.3 is 5.32 Å². The fourth-order valence-corrected chi connectivity index (χ4v) is 0.872. The zero-order valence-corrected chi connectivity index (χ0v) is 7.18. The molecule has 0 fully saturated rings. The van der Waals surface area contributed by atoms with E-state index in [0.717, 1.165) is 23.8 Å². The number of nitrogens with one attached hydrogen (secondary N) is 1. The molecule has 0 unspecified atom stereocenters. The lowest BCUT2D eigenvalue weighted by atomic mass is 10.4. The highest BCUT2D eigenvalue weighted by molar-refractivity contribution is 5.39. The highest BCUT2D eigenvalue weighted by Gasteiger charge is 1.97. The highest BCUT2D eigenvalue weighted by atomic mass is 15.0. The smallest absolute Gasteiger partial charge is 0.147 e. The van der Waals surface area contributed by atoms with Gasteiger partial charge in [-0.05, 0) is 20.8 Å². The molecule has 0 aliphatic carbocycles. The third-order valence-corrected chi connectivity index (χ3v) is 1.42. The van der Waals surface area contributed by atoms with Gasteiger partial charge in [0.05, 0.1) is 11.4 Å². The summed E-state index contributed by atoms with van der Waals surface area (Å²) in [7, 11) is 0. The first-order valence-electron chi connectivity index (χ1n) is 3.78. The average molecular weight is 151 g/mol. The molecule has 0 aliphatic heterocycles. The first-order chi connectivity index (χ1) is 5.24. The Bertz CT molecular complexity index is 245. The maximum atomic E-state index is 4.29. The summed E-state index contributed by atoms with van der Waals surface area (Å²) in [4.78, 5) is 8.46. The molecule has 0 amide bonds. The van der Waals surface area contributed by atoms with Gasteiger partial charge in [0.1, 0.15) is 5.82 Å². The van der Waals surface area contributed by atoms with E-state index in [9.17, 15) is 0 Å². The Hall–Kier alpha value is -1.12. The van der Waals surface area contributed by atoms with E-state index >= 15 is 0 Å². The minimum atomic E-state index is 0.888. The topological polar surface area (TPSA) is 37.8 Å². The highest BCUT2D eigenvalue weighted by Crippen LogP contribution is 2.07. The molecule has 0 atom stereocenters. The van der Waals surface area contributed by atoms with Crippen LogP contribution in [0.1, 0.15) is 18.3 Å². The zero-order valence-electron chi connectivity index (χ0n) is 7.18. The monoisotopic (exact) mass is 151 g/mol. The van der Waals surface area contributed by atoms with Gasteiger partial charge >= 0.3 is 0 Å². The van der Waals surface area contributed by atoms with Crippen LogP contribution in [0.3, 0.4) is 0 Å². The summed E-state index contributed by atoms with van der Waals surface area (Å²) in [6, 6.07) is 0. The van der Waals surface area contributed by atoms with Crippen LogP contribution < -0.4 is 5.32 Å². The maximum absolute atomic E-state index is 4.29. The first-order valence-corrected chi connectivity index (χ1v) is 3.78. The standard InChI is InChI=1S/C8H13N3/c1-4-9-8-7(3)10-5-6(2)11-8/h5H,4H2,1-3H3,(H,9,11). The molecule has 3 nitrogen and oxygen atoms in total. The molecule has 0 spiro atoms. The van der Waals surface area contributed by atoms with Crippen molar-refractivity contribution < 1.29 is 0 Å². The lowest BCUT2D eigenvalue weighted by Gasteiger charge is -2.04. The molecule has 0 saturated carbocycles. The van der Waals surface area contributed by atoms with Gasteiger partial charge in [0.2, 0.25) is 0 Å². The number of hydrogen-bond donors (Lipinski definition) is 1. The lowest BCUT2D eigenvalue weighted by molar-refractivity contribution is 1.03. The van der Waals surface area contributed by atoms with Crippen molar-refractivity contribution in [1.29, 1.82) is 0 Å². The van der Waals surface area contributed by atoms with E-state index in [1.54, 1.807) is 6.20 Å². The van der Waals surface area contributed by atoms with E-state index in [-0.39, 0.29) is 0 Å². The molecule has 0 radical (unpaired) electrons. The van der Waals surface area contributed by atoms with Gasteiger partial charge in [-0.2, -0.15) is 0 Å². The normalized spacial score (nSPS) is 9.73. The predicted molar refractivity (Wildman–Crippen MR) is 45.7 cm³/mol. The van der Waals surface area contributed by atoms with Crippen molar-refractivity contribution in [1.82, 2.24) is 9.97 Å². The summed E-state index contributed by atoms with van der Waals surface area (Å²) in [6.07, 6.45) is 1.77. The molecule has 1 aromatic rings. The summed E-state index contributed by atoms with van der Waals surface area (Å²) in [5.41, 5.74) is 1.91. The van der Waals surface area contributed by atoms with Crippen LogP contribution >= 0.6 is 0 Å². The van der Waals surface area contributed by atoms with E-state index in [4.69, 9.17) is 0 Å². The van der Waals surface area contributed by atoms with Gasteiger partial charge in [0.25, 0.3) is 0 Å². The van der Waals surface area contributed by atoms with Crippen molar-refractivity contribution in [3.63, 3.8) is 0 Å². The van der Waals surface area contributed by atoms with Gasteiger partial charge in [-0.25, -0.2) is 4.98 Å². The van der Waals surface area contributed by atoms with E-state index < -0.39 is 0 Å². The third-order valence-electron chi connectivity index (χ3n) is 1.42. The second-order valence-corrected chi connectivity index (χ2v) is 2.48. The fraction of sp³-hybridized carbons (Fsp3) is 0.500. The predicted octanol–water partition coefficient (Wildman–Crippen LogP) is 1.53. The second kappa shape index (κ2) is 3.32. The van der Waals surface area contributed by atoms with Crippen molar-refractivity contribution in [3.05, 3.63) is 17.6 Å². The number of rotatable bonds is 2. The number of nitrogens with zero attached hydrogens (tertiary/aromatic N) is 2. The molecule has 0 aromatic carbocycles. The average Bonchev–Trinajstić information content (AvgIpc) is 1.98. The molecular weight excluding hydrogens is 138 g/mol. The number of hydrogen-bond acceptors (Lipinski definition) is 3. The SMILES string of the molecule is CCNc1nc(C)cnc1C. The summed E-state index contributed by atoms with van der Waals surface area (Å²) >= 11 is 0. The van der Waals surface area contributed by atoms with Gasteiger partial charge in [0, 0.05) is 12.7 Å². The van der Waals surface area contributed by atoms with Crippen molar-refractivity contribution >= 4 is 5.82 Å². The molecular formula is C8H13N3. The van der Waals surface area contributed by atoms with Crippen molar-refractivity contribution in [2.24, 2.45) is 0 Å². The van der Waals surface area contributed by atoms with E-state index in [1.807, 2.05) is 20.8 Å². The van der Waals surface area contributed by atoms with Crippen LogP contribution in [-0.2, 0) is 0 Å². The van der Waals surface area contributed by atoms with Crippen molar-refractivity contribution in [3.8, 4) is 0 Å². The minimum absolute atomic E-state index is 0.888. The van der Waals surface area contributed by atoms with Gasteiger partial charge in [-0.1, -0.05) is 0 Å². The van der Waals surface area contributed by atoms with Crippen LogP contribution in [0.15, 0.2) is 6.20 Å². The Morgan fingerprint density at radius 2 is 2.18 bits per heavy atom. The Kier molecular flexibility index (Phi) is 2.41. The van der Waals surface area contributed by atoms with Crippen LogP contribution in [-0.4, -0.2) is 16.5 Å². The Labute approximate surface area is 66.9 Å². The Balaban J connectivity index is 2.93. The van der Waals surface area contributed by atoms with Crippen LogP contribution in [0, 0.1) is 13.8 Å². The largest absolute Gasteiger partial charge is 0.369 e. The molecule has 1 rings (SSSR count). The summed E-state index contributed by atoms with van der Waals surface area (Å²) < 4.78 is 0. The van der Waals surface area contributed by atoms with Gasteiger partial charge in [-0.15, -0.1) is 0 Å². The third kappa shape index (κ3) is 1.90. The van der Waals surface area contributed by atoms with Crippen LogP contribution in [0.4, 0.5) is 5.82 Å². The molecule has 0 aliphatic rings. The summed E-state index contributed by atoms with van der Waals surface area (Å²) in [5.74, 6) is 0.896. The summed E-state index contributed by atoms with van der Waals surface area (Å²) in [5, 5.41) is 3.14. The minimum Gasteiger partial charge on any atom is -0.369 e. The molecule has 1 heterocycles. The maximum Gasteiger partial charge on any atom is 0.147 e. The first kappa shape index (κ1) is 7.98. The van der Waals surface area contributed by atoms with E-state index in [2.05, 4.69) is 15.3 Å². The molecule has 11 heavy (non-hydrogen) atoms. The Morgan fingerprint density at radius 3 is 2.82 bits per heavy atom. The van der Waals surface area contributed by atoms with Gasteiger partial charge in [-0.3, -0.25) is 4.98 Å². The van der Waals surface area contributed by atoms with Crippen LogP contribution in [0.25, 0.3) is 0 Å². The lowest BCUT2D eigenvalue weighted by Crippen LogP contribution is -2.03. The molecule has 0 saturated heterocycles. The second-order valence-electron chi connectivity index (χ2n) is 2.48. The molecule has 1 N–H and O–H groups in total. The van der Waals surface area contributed by atoms with Crippen LogP contribution in [0.2, 0.25) is 0 Å². The summed E-state index contributed by atoms with van der Waals surface area (Å²) in [6.45, 7) is 6.82. The van der Waals surface area contributed by atoms with Crippen molar-refractivity contribution in [2.45, 2.75) is 20.8 Å². The molecule has 60 valence electrons. The van der Waals surface area contributed by atoms with Gasteiger partial charge in [0.15, 0.2) is 0 Å². The Morgan fingerprint density at radius 1 is 1.45 bits per heavy atom. The molecule has 1 aromatic heterocycles. The van der Waals surface area contributed by atoms with Crippen LogP contribution in [0.5, 0.6) is 0 Å². The fourth-order valence-electron chi connectivity index (χ4n) is 0.872. The quantitative estimate of drug-likeness (QED) is 0.696. The van der Waals surface area contributed by atoms with E-state index in [0.29, 0.717) is 0 Å². The zero-order chi connectivity index (χ0) is 8.27. The van der Waals surface area contributed by atoms with Crippen molar-refractivity contribution in [2.75, 3.05) is 11.9 Å². The number of aromatic nitrogens is 2. The molecule has 0 bridgehead atoms. The number of anilines is 1. The van der Waals surface area contributed by atoms with E-state index in [1.165, 1.54) is 0 Å².